The Labute approximate surface area is 168 Å². The first-order valence-corrected chi connectivity index (χ1v) is 10.2. The topological polar surface area (TPSA) is 64.3 Å². The van der Waals surface area contributed by atoms with Crippen LogP contribution in [-0.4, -0.2) is 32.5 Å². The number of amides is 1. The van der Waals surface area contributed by atoms with E-state index < -0.39 is 22.9 Å². The molecule has 152 valence electrons. The zero-order chi connectivity index (χ0) is 20.7. The van der Waals surface area contributed by atoms with E-state index in [-0.39, 0.29) is 28.9 Å². The van der Waals surface area contributed by atoms with E-state index in [2.05, 4.69) is 0 Å². The minimum atomic E-state index is -1.03. The summed E-state index contributed by atoms with van der Waals surface area (Å²) in [6.07, 6.45) is 2.85. The van der Waals surface area contributed by atoms with Crippen LogP contribution in [0.25, 0.3) is 15.9 Å². The summed E-state index contributed by atoms with van der Waals surface area (Å²) in [5.41, 5.74) is -1.53. The molecule has 4 rings (SSSR count). The lowest BCUT2D eigenvalue weighted by molar-refractivity contribution is -0.135. The van der Waals surface area contributed by atoms with E-state index in [1.807, 2.05) is 6.92 Å². The Kier molecular flexibility index (Phi) is 5.08. The number of fused-ring (bicyclic) bond motifs is 1. The smallest absolute Gasteiger partial charge is 0.336 e. The number of halogens is 2. The fourth-order valence-corrected chi connectivity index (χ4v) is 4.63. The van der Waals surface area contributed by atoms with Crippen molar-refractivity contribution in [3.05, 3.63) is 62.1 Å². The lowest BCUT2D eigenvalue weighted by Gasteiger charge is -2.33. The standard InChI is InChI=1S/C20H19F2N3O3S/c1-12-4-2-3-8-23(12)17(26)11-24-16-7-9-29-18(16)19(27)25(20(24)28)15-6-5-13(21)10-14(15)22/h5-7,9-10,12H,2-4,8,11H2,1H3. The van der Waals surface area contributed by atoms with Gasteiger partial charge in [-0.15, -0.1) is 11.3 Å². The third kappa shape index (κ3) is 3.39. The highest BCUT2D eigenvalue weighted by atomic mass is 32.1. The maximum atomic E-state index is 14.3. The van der Waals surface area contributed by atoms with Crippen LogP contribution in [0.1, 0.15) is 26.2 Å². The molecule has 1 unspecified atom stereocenters. The van der Waals surface area contributed by atoms with Crippen molar-refractivity contribution in [2.24, 2.45) is 0 Å². The van der Waals surface area contributed by atoms with Gasteiger partial charge >= 0.3 is 5.69 Å². The van der Waals surface area contributed by atoms with Crippen LogP contribution < -0.4 is 11.2 Å². The second-order valence-electron chi connectivity index (χ2n) is 7.17. The fraction of sp³-hybridized carbons (Fsp3) is 0.350. The predicted octanol–water partition coefficient (Wildman–Crippen LogP) is 2.89. The Morgan fingerprint density at radius 2 is 2.00 bits per heavy atom. The highest BCUT2D eigenvalue weighted by Crippen LogP contribution is 2.20. The molecular weight excluding hydrogens is 400 g/mol. The second-order valence-corrected chi connectivity index (χ2v) is 8.09. The van der Waals surface area contributed by atoms with Crippen molar-refractivity contribution in [3.8, 4) is 5.69 Å². The van der Waals surface area contributed by atoms with E-state index in [0.717, 1.165) is 42.7 Å². The molecule has 0 aliphatic carbocycles. The van der Waals surface area contributed by atoms with Gasteiger partial charge in [-0.05, 0) is 49.8 Å². The number of hydrogen-bond acceptors (Lipinski definition) is 4. The van der Waals surface area contributed by atoms with Crippen molar-refractivity contribution >= 4 is 27.5 Å². The lowest BCUT2D eigenvalue weighted by Crippen LogP contribution is -2.46. The van der Waals surface area contributed by atoms with Crippen LogP contribution in [-0.2, 0) is 11.3 Å². The molecular formula is C20H19F2N3O3S. The largest absolute Gasteiger partial charge is 0.338 e. The van der Waals surface area contributed by atoms with E-state index in [1.165, 1.54) is 4.57 Å². The maximum Gasteiger partial charge on any atom is 0.336 e. The van der Waals surface area contributed by atoms with Gasteiger partial charge in [-0.3, -0.25) is 14.2 Å². The van der Waals surface area contributed by atoms with Gasteiger partial charge in [0.2, 0.25) is 5.91 Å². The van der Waals surface area contributed by atoms with Crippen molar-refractivity contribution in [3.63, 3.8) is 0 Å². The molecule has 0 radical (unpaired) electrons. The molecule has 29 heavy (non-hydrogen) atoms. The van der Waals surface area contributed by atoms with Crippen LogP contribution in [0.15, 0.2) is 39.2 Å². The summed E-state index contributed by atoms with van der Waals surface area (Å²) < 4.78 is 29.7. The maximum absolute atomic E-state index is 14.3. The van der Waals surface area contributed by atoms with E-state index in [4.69, 9.17) is 0 Å². The summed E-state index contributed by atoms with van der Waals surface area (Å²) in [6, 6.07) is 4.32. The number of piperidine rings is 1. The zero-order valence-electron chi connectivity index (χ0n) is 15.7. The first-order chi connectivity index (χ1) is 13.9. The Morgan fingerprint density at radius 1 is 1.21 bits per heavy atom. The second kappa shape index (κ2) is 7.55. The average molecular weight is 419 g/mol. The number of carbonyl (C=O) groups excluding carboxylic acids is 1. The molecule has 1 aliphatic rings. The number of aromatic nitrogens is 2. The molecule has 3 aromatic rings. The van der Waals surface area contributed by atoms with Gasteiger partial charge in [0.1, 0.15) is 22.9 Å². The average Bonchev–Trinajstić information content (AvgIpc) is 3.17. The van der Waals surface area contributed by atoms with E-state index in [1.54, 1.807) is 16.3 Å². The number of thiophene rings is 1. The molecule has 9 heteroatoms. The summed E-state index contributed by atoms with van der Waals surface area (Å²) in [7, 11) is 0. The normalized spacial score (nSPS) is 17.1. The predicted molar refractivity (Wildman–Crippen MR) is 107 cm³/mol. The number of likely N-dealkylation sites (tertiary alicyclic amines) is 1. The third-order valence-corrected chi connectivity index (χ3v) is 6.21. The van der Waals surface area contributed by atoms with Crippen LogP contribution in [0.5, 0.6) is 0 Å². The van der Waals surface area contributed by atoms with Crippen molar-refractivity contribution in [1.29, 1.82) is 0 Å². The summed E-state index contributed by atoms with van der Waals surface area (Å²) >= 11 is 1.10. The summed E-state index contributed by atoms with van der Waals surface area (Å²) in [5.74, 6) is -2.06. The molecule has 2 aromatic heterocycles. The minimum Gasteiger partial charge on any atom is -0.338 e. The Bertz CT molecular complexity index is 1210. The monoisotopic (exact) mass is 419 g/mol. The van der Waals surface area contributed by atoms with Gasteiger partial charge in [0.25, 0.3) is 5.56 Å². The van der Waals surface area contributed by atoms with Crippen LogP contribution in [0.2, 0.25) is 0 Å². The molecule has 1 saturated heterocycles. The third-order valence-electron chi connectivity index (χ3n) is 5.32. The quantitative estimate of drug-likeness (QED) is 0.656. The van der Waals surface area contributed by atoms with Crippen LogP contribution >= 0.6 is 11.3 Å². The summed E-state index contributed by atoms with van der Waals surface area (Å²) in [6.45, 7) is 2.34. The van der Waals surface area contributed by atoms with Gasteiger partial charge < -0.3 is 4.90 Å². The fourth-order valence-electron chi connectivity index (χ4n) is 3.81. The van der Waals surface area contributed by atoms with E-state index >= 15 is 0 Å². The number of hydrogen-bond donors (Lipinski definition) is 0. The highest BCUT2D eigenvalue weighted by Gasteiger charge is 2.25. The molecule has 1 aliphatic heterocycles. The van der Waals surface area contributed by atoms with Gasteiger partial charge in [0, 0.05) is 18.7 Å². The number of nitrogens with zero attached hydrogens (tertiary/aromatic N) is 3. The van der Waals surface area contributed by atoms with Gasteiger partial charge in [-0.2, -0.15) is 0 Å². The number of carbonyl (C=O) groups is 1. The Balaban J connectivity index is 1.86. The molecule has 1 aromatic carbocycles. The molecule has 0 spiro atoms. The van der Waals surface area contributed by atoms with Gasteiger partial charge in [-0.1, -0.05) is 0 Å². The van der Waals surface area contributed by atoms with Crippen LogP contribution in [0, 0.1) is 11.6 Å². The summed E-state index contributed by atoms with van der Waals surface area (Å²) in [4.78, 5) is 40.6. The first-order valence-electron chi connectivity index (χ1n) is 9.36. The van der Waals surface area contributed by atoms with Crippen LogP contribution in [0.4, 0.5) is 8.78 Å². The Hall–Kier alpha value is -2.81. The Morgan fingerprint density at radius 3 is 2.72 bits per heavy atom. The van der Waals surface area contributed by atoms with E-state index in [9.17, 15) is 23.2 Å². The molecule has 6 nitrogen and oxygen atoms in total. The summed E-state index contributed by atoms with van der Waals surface area (Å²) in [5, 5.41) is 1.64. The van der Waals surface area contributed by atoms with Crippen LogP contribution in [0.3, 0.4) is 0 Å². The highest BCUT2D eigenvalue weighted by molar-refractivity contribution is 7.17. The van der Waals surface area contributed by atoms with Gasteiger partial charge in [0.05, 0.1) is 11.2 Å². The lowest BCUT2D eigenvalue weighted by atomic mass is 10.0. The molecule has 1 fully saturated rings. The van der Waals surface area contributed by atoms with Gasteiger partial charge in [-0.25, -0.2) is 18.1 Å². The minimum absolute atomic E-state index is 0.0744. The molecule has 1 amide bonds. The molecule has 0 bridgehead atoms. The van der Waals surface area contributed by atoms with Crippen molar-refractivity contribution in [2.45, 2.75) is 38.8 Å². The first kappa shape index (κ1) is 19.5. The van der Waals surface area contributed by atoms with Crippen molar-refractivity contribution in [1.82, 2.24) is 14.0 Å². The zero-order valence-corrected chi connectivity index (χ0v) is 16.5. The number of rotatable bonds is 3. The van der Waals surface area contributed by atoms with E-state index in [0.29, 0.717) is 22.7 Å². The van der Waals surface area contributed by atoms with Crippen molar-refractivity contribution in [2.75, 3.05) is 6.54 Å². The SMILES string of the molecule is CC1CCCCN1C(=O)Cn1c(=O)n(-c2ccc(F)cc2F)c(=O)c2sccc21. The van der Waals surface area contributed by atoms with Crippen molar-refractivity contribution < 1.29 is 13.6 Å². The number of benzene rings is 1. The molecule has 0 saturated carbocycles. The molecule has 1 atom stereocenters. The molecule has 3 heterocycles. The molecule has 0 N–H and O–H groups in total. The van der Waals surface area contributed by atoms with Gasteiger partial charge in [0.15, 0.2) is 0 Å².